The summed E-state index contributed by atoms with van der Waals surface area (Å²) in [6.45, 7) is 8.81. The summed E-state index contributed by atoms with van der Waals surface area (Å²) < 4.78 is 34.2. The second kappa shape index (κ2) is 12.9. The second-order valence-electron chi connectivity index (χ2n) is 9.45. The summed E-state index contributed by atoms with van der Waals surface area (Å²) in [5.74, 6) is -0.186. The summed E-state index contributed by atoms with van der Waals surface area (Å²) in [6, 6.07) is 11.8. The molecular weight excluding hydrogens is 492 g/mol. The summed E-state index contributed by atoms with van der Waals surface area (Å²) in [5.41, 5.74) is 2.75. The van der Waals surface area contributed by atoms with Crippen molar-refractivity contribution < 1.29 is 22.7 Å². The van der Waals surface area contributed by atoms with E-state index < -0.39 is 28.7 Å². The molecule has 37 heavy (non-hydrogen) atoms. The van der Waals surface area contributed by atoms with Crippen LogP contribution in [0.1, 0.15) is 43.9 Å². The highest BCUT2D eigenvalue weighted by Gasteiger charge is 2.33. The number of carbonyl (C=O) groups is 2. The molecule has 2 aromatic carbocycles. The van der Waals surface area contributed by atoms with Crippen molar-refractivity contribution in [3.8, 4) is 5.75 Å². The van der Waals surface area contributed by atoms with Crippen LogP contribution in [0.2, 0.25) is 0 Å². The molecule has 0 aromatic heterocycles. The Balaban J connectivity index is 2.52. The molecule has 0 saturated heterocycles. The molecule has 2 aromatic rings. The van der Waals surface area contributed by atoms with Gasteiger partial charge in [-0.25, -0.2) is 4.31 Å². The van der Waals surface area contributed by atoms with Gasteiger partial charge in [0.2, 0.25) is 11.8 Å². The fourth-order valence-corrected chi connectivity index (χ4v) is 4.82. The van der Waals surface area contributed by atoms with Gasteiger partial charge < -0.3 is 15.0 Å². The Morgan fingerprint density at radius 1 is 1.05 bits per heavy atom. The van der Waals surface area contributed by atoms with Gasteiger partial charge in [-0.15, -0.1) is 0 Å². The van der Waals surface area contributed by atoms with E-state index in [0.29, 0.717) is 17.0 Å². The number of nitrogens with zero attached hydrogens (tertiary/aromatic N) is 3. The van der Waals surface area contributed by atoms with Gasteiger partial charge in [0.05, 0.1) is 12.8 Å². The Bertz CT molecular complexity index is 1200. The van der Waals surface area contributed by atoms with E-state index in [1.165, 1.54) is 19.0 Å². The predicted octanol–water partition coefficient (Wildman–Crippen LogP) is 3.26. The zero-order valence-electron chi connectivity index (χ0n) is 23.1. The molecule has 2 atom stereocenters. The van der Waals surface area contributed by atoms with Crippen molar-refractivity contribution in [3.05, 3.63) is 59.2 Å². The number of hydrogen-bond acceptors (Lipinski definition) is 5. The number of hydrogen-bond donors (Lipinski definition) is 1. The number of aryl methyl sites for hydroxylation is 2. The molecule has 0 heterocycles. The molecule has 10 heteroatoms. The quantitative estimate of drug-likeness (QED) is 0.452. The molecule has 0 spiro atoms. The van der Waals surface area contributed by atoms with Crippen LogP contribution >= 0.6 is 0 Å². The Morgan fingerprint density at radius 3 is 2.32 bits per heavy atom. The topological polar surface area (TPSA) is 99.3 Å². The number of nitrogens with one attached hydrogen (secondary N) is 1. The lowest BCUT2D eigenvalue weighted by molar-refractivity contribution is -0.139. The van der Waals surface area contributed by atoms with Gasteiger partial charge in [0.1, 0.15) is 18.3 Å². The lowest BCUT2D eigenvalue weighted by Gasteiger charge is -2.33. The lowest BCUT2D eigenvalue weighted by atomic mass is 10.1. The first-order valence-corrected chi connectivity index (χ1v) is 13.7. The third-order valence-corrected chi connectivity index (χ3v) is 8.11. The minimum Gasteiger partial charge on any atom is -0.497 e. The molecule has 0 radical (unpaired) electrons. The fraction of sp³-hybridized carbons (Fsp3) is 0.481. The number of ether oxygens (including phenoxy) is 1. The normalized spacial score (nSPS) is 13.1. The van der Waals surface area contributed by atoms with Crippen LogP contribution < -0.4 is 14.4 Å². The standard InChI is InChI=1S/C27H40N4O5S/c1-9-21(4)28-27(33)22(5)30(17-23-11-10-12-24(16-23)36-8)26(32)18-31(37(34,35)29(6)7)25-15-19(2)13-14-20(25)3/h10-16,21-22H,9,17-18H2,1-8H3,(H,28,33)/t21-,22+/m0/s1. The lowest BCUT2D eigenvalue weighted by Crippen LogP contribution is -2.53. The van der Waals surface area contributed by atoms with Crippen LogP contribution in [0.4, 0.5) is 5.69 Å². The molecule has 0 aliphatic heterocycles. The van der Waals surface area contributed by atoms with Crippen LogP contribution in [-0.2, 0) is 26.3 Å². The summed E-state index contributed by atoms with van der Waals surface area (Å²) in [5, 5.41) is 2.93. The smallest absolute Gasteiger partial charge is 0.304 e. The second-order valence-corrected chi connectivity index (χ2v) is 11.5. The van der Waals surface area contributed by atoms with Gasteiger partial charge in [-0.1, -0.05) is 31.2 Å². The molecule has 0 aliphatic carbocycles. The summed E-state index contributed by atoms with van der Waals surface area (Å²) >= 11 is 0. The van der Waals surface area contributed by atoms with E-state index in [-0.39, 0.29) is 18.5 Å². The first-order valence-electron chi connectivity index (χ1n) is 12.3. The van der Waals surface area contributed by atoms with Crippen LogP contribution in [0.5, 0.6) is 5.75 Å². The maximum absolute atomic E-state index is 13.8. The molecule has 204 valence electrons. The molecule has 0 bridgehead atoms. The van der Waals surface area contributed by atoms with Crippen molar-refractivity contribution in [1.29, 1.82) is 0 Å². The van der Waals surface area contributed by atoms with Crippen molar-refractivity contribution in [2.75, 3.05) is 32.1 Å². The van der Waals surface area contributed by atoms with E-state index in [1.807, 2.05) is 39.0 Å². The van der Waals surface area contributed by atoms with Crippen LogP contribution in [0.3, 0.4) is 0 Å². The SMILES string of the molecule is CC[C@H](C)NC(=O)[C@@H](C)N(Cc1cccc(OC)c1)C(=O)CN(c1cc(C)ccc1C)S(=O)(=O)N(C)C. The number of anilines is 1. The van der Waals surface area contributed by atoms with Gasteiger partial charge in [-0.3, -0.25) is 9.59 Å². The summed E-state index contributed by atoms with van der Waals surface area (Å²) in [7, 11) is 0.390. The minimum absolute atomic E-state index is 0.0655. The summed E-state index contributed by atoms with van der Waals surface area (Å²) in [6.07, 6.45) is 0.740. The fourth-order valence-electron chi connectivity index (χ4n) is 3.71. The van der Waals surface area contributed by atoms with Gasteiger partial charge in [0.25, 0.3) is 0 Å². The Labute approximate surface area is 221 Å². The van der Waals surface area contributed by atoms with Crippen molar-refractivity contribution in [1.82, 2.24) is 14.5 Å². The first-order chi connectivity index (χ1) is 17.3. The molecule has 2 rings (SSSR count). The number of rotatable bonds is 12. The zero-order chi connectivity index (χ0) is 27.9. The van der Waals surface area contributed by atoms with E-state index >= 15 is 0 Å². The van der Waals surface area contributed by atoms with E-state index in [9.17, 15) is 18.0 Å². The highest BCUT2D eigenvalue weighted by molar-refractivity contribution is 7.90. The van der Waals surface area contributed by atoms with Crippen molar-refractivity contribution in [2.45, 2.75) is 59.7 Å². The van der Waals surface area contributed by atoms with Crippen molar-refractivity contribution in [2.24, 2.45) is 0 Å². The Morgan fingerprint density at radius 2 is 1.73 bits per heavy atom. The minimum atomic E-state index is -4.01. The van der Waals surface area contributed by atoms with Gasteiger partial charge in [0.15, 0.2) is 0 Å². The highest BCUT2D eigenvalue weighted by atomic mass is 32.2. The Hall–Kier alpha value is -3.11. The van der Waals surface area contributed by atoms with Crippen LogP contribution in [0.25, 0.3) is 0 Å². The van der Waals surface area contributed by atoms with Gasteiger partial charge in [-0.05, 0) is 69.0 Å². The average molecular weight is 533 g/mol. The maximum atomic E-state index is 13.8. The largest absolute Gasteiger partial charge is 0.497 e. The van der Waals surface area contributed by atoms with Gasteiger partial charge in [0, 0.05) is 26.7 Å². The monoisotopic (exact) mass is 532 g/mol. The number of carbonyl (C=O) groups excluding carboxylic acids is 2. The first kappa shape index (κ1) is 30.1. The maximum Gasteiger partial charge on any atom is 0.304 e. The number of methoxy groups -OCH3 is 1. The average Bonchev–Trinajstić information content (AvgIpc) is 2.86. The molecule has 0 aliphatic rings. The molecule has 0 fully saturated rings. The van der Waals surface area contributed by atoms with E-state index in [0.717, 1.165) is 26.2 Å². The van der Waals surface area contributed by atoms with Crippen LogP contribution in [-0.4, -0.2) is 69.3 Å². The number of benzene rings is 2. The van der Waals surface area contributed by atoms with Gasteiger partial charge >= 0.3 is 10.2 Å². The van der Waals surface area contributed by atoms with Crippen LogP contribution in [0, 0.1) is 13.8 Å². The molecule has 2 amide bonds. The molecule has 1 N–H and O–H groups in total. The highest BCUT2D eigenvalue weighted by Crippen LogP contribution is 2.26. The van der Waals surface area contributed by atoms with Crippen molar-refractivity contribution in [3.63, 3.8) is 0 Å². The van der Waals surface area contributed by atoms with Crippen molar-refractivity contribution >= 4 is 27.7 Å². The van der Waals surface area contributed by atoms with E-state index in [2.05, 4.69) is 5.32 Å². The van der Waals surface area contributed by atoms with E-state index in [1.54, 1.807) is 45.2 Å². The Kier molecular flexibility index (Phi) is 10.5. The van der Waals surface area contributed by atoms with E-state index in [4.69, 9.17) is 4.74 Å². The van der Waals surface area contributed by atoms with Crippen LogP contribution in [0.15, 0.2) is 42.5 Å². The molecule has 0 unspecified atom stereocenters. The third kappa shape index (κ3) is 7.69. The van der Waals surface area contributed by atoms with Gasteiger partial charge in [-0.2, -0.15) is 12.7 Å². The molecule has 0 saturated carbocycles. The third-order valence-electron chi connectivity index (χ3n) is 6.31. The predicted molar refractivity (Wildman–Crippen MR) is 147 cm³/mol. The zero-order valence-corrected chi connectivity index (χ0v) is 23.9. The molecular formula is C27H40N4O5S. The molecule has 9 nitrogen and oxygen atoms in total. The summed E-state index contributed by atoms with van der Waals surface area (Å²) in [4.78, 5) is 28.3. The number of amides is 2.